The second-order valence-electron chi connectivity index (χ2n) is 4.60. The molecule has 0 amide bonds. The highest BCUT2D eigenvalue weighted by Crippen LogP contribution is 2.21. The molecular formula is C14H21ClFNO. The first kappa shape index (κ1) is 15.3. The highest BCUT2D eigenvalue weighted by atomic mass is 35.5. The van der Waals surface area contributed by atoms with Gasteiger partial charge in [0.25, 0.3) is 0 Å². The van der Waals surface area contributed by atoms with E-state index in [1.165, 1.54) is 12.1 Å². The summed E-state index contributed by atoms with van der Waals surface area (Å²) >= 11 is 5.61. The Labute approximate surface area is 113 Å². The topological polar surface area (TPSA) is 21.3 Å². The Morgan fingerprint density at radius 3 is 2.72 bits per heavy atom. The van der Waals surface area contributed by atoms with Crippen LogP contribution in [0.2, 0.25) is 5.02 Å². The number of nitrogens with one attached hydrogen (secondary N) is 1. The first-order valence-electron chi connectivity index (χ1n) is 6.38. The van der Waals surface area contributed by atoms with Gasteiger partial charge in [-0.15, -0.1) is 0 Å². The number of rotatable bonds is 7. The van der Waals surface area contributed by atoms with Crippen LogP contribution in [0.3, 0.4) is 0 Å². The van der Waals surface area contributed by atoms with E-state index in [-0.39, 0.29) is 11.1 Å². The van der Waals surface area contributed by atoms with E-state index in [4.69, 9.17) is 16.3 Å². The molecule has 0 aliphatic rings. The van der Waals surface area contributed by atoms with E-state index in [1.807, 2.05) is 6.92 Å². The van der Waals surface area contributed by atoms with Crippen LogP contribution in [-0.4, -0.2) is 18.7 Å². The molecule has 0 aromatic heterocycles. The van der Waals surface area contributed by atoms with Gasteiger partial charge < -0.3 is 10.1 Å². The standard InChI is InChI=1S/C14H21ClFNO/c1-4-5-10(2)17-9-11(3)18-12-6-7-13(15)14(16)8-12/h6-8,10-11,17H,4-5,9H2,1-3H3. The monoisotopic (exact) mass is 273 g/mol. The fourth-order valence-corrected chi connectivity index (χ4v) is 1.84. The molecule has 2 unspecified atom stereocenters. The van der Waals surface area contributed by atoms with Crippen LogP contribution in [0.5, 0.6) is 5.75 Å². The summed E-state index contributed by atoms with van der Waals surface area (Å²) in [5.41, 5.74) is 0. The number of hydrogen-bond donors (Lipinski definition) is 1. The van der Waals surface area contributed by atoms with E-state index < -0.39 is 5.82 Å². The van der Waals surface area contributed by atoms with Crippen LogP contribution in [0, 0.1) is 5.82 Å². The summed E-state index contributed by atoms with van der Waals surface area (Å²) in [6, 6.07) is 4.97. The summed E-state index contributed by atoms with van der Waals surface area (Å²) in [6.45, 7) is 7.01. The zero-order valence-electron chi connectivity index (χ0n) is 11.2. The number of hydrogen-bond acceptors (Lipinski definition) is 2. The van der Waals surface area contributed by atoms with Crippen LogP contribution in [0.4, 0.5) is 4.39 Å². The van der Waals surface area contributed by atoms with Gasteiger partial charge in [0.05, 0.1) is 5.02 Å². The Bertz CT molecular complexity index is 373. The second-order valence-corrected chi connectivity index (χ2v) is 5.01. The van der Waals surface area contributed by atoms with Crippen molar-refractivity contribution in [3.05, 3.63) is 29.0 Å². The van der Waals surface area contributed by atoms with Crippen LogP contribution in [0.15, 0.2) is 18.2 Å². The van der Waals surface area contributed by atoms with E-state index in [2.05, 4.69) is 19.2 Å². The minimum Gasteiger partial charge on any atom is -0.489 e. The van der Waals surface area contributed by atoms with Crippen LogP contribution in [0.1, 0.15) is 33.6 Å². The molecule has 102 valence electrons. The van der Waals surface area contributed by atoms with Crippen molar-refractivity contribution in [2.75, 3.05) is 6.54 Å². The third kappa shape index (κ3) is 5.23. The number of benzene rings is 1. The minimum absolute atomic E-state index is 0.00937. The molecule has 2 nitrogen and oxygen atoms in total. The predicted octanol–water partition coefficient (Wildman–Crippen LogP) is 4.02. The normalized spacial score (nSPS) is 14.3. The van der Waals surface area contributed by atoms with Gasteiger partial charge >= 0.3 is 0 Å². The van der Waals surface area contributed by atoms with E-state index in [1.54, 1.807) is 6.07 Å². The molecular weight excluding hydrogens is 253 g/mol. The average molecular weight is 274 g/mol. The van der Waals surface area contributed by atoms with Crippen molar-refractivity contribution >= 4 is 11.6 Å². The lowest BCUT2D eigenvalue weighted by molar-refractivity contribution is 0.210. The maximum absolute atomic E-state index is 13.2. The maximum Gasteiger partial charge on any atom is 0.145 e. The summed E-state index contributed by atoms with van der Waals surface area (Å²) in [4.78, 5) is 0. The van der Waals surface area contributed by atoms with E-state index in [0.717, 1.165) is 19.4 Å². The highest BCUT2D eigenvalue weighted by Gasteiger charge is 2.08. The molecule has 0 bridgehead atoms. The van der Waals surface area contributed by atoms with Crippen molar-refractivity contribution in [2.45, 2.75) is 45.8 Å². The van der Waals surface area contributed by atoms with Crippen molar-refractivity contribution in [1.82, 2.24) is 5.32 Å². The molecule has 18 heavy (non-hydrogen) atoms. The molecule has 0 aliphatic heterocycles. The van der Waals surface area contributed by atoms with Gasteiger partial charge in [0.15, 0.2) is 0 Å². The third-order valence-corrected chi connectivity index (χ3v) is 3.01. The summed E-state index contributed by atoms with van der Waals surface area (Å²) in [5, 5.41) is 3.50. The quantitative estimate of drug-likeness (QED) is 0.810. The molecule has 0 aliphatic carbocycles. The van der Waals surface area contributed by atoms with Gasteiger partial charge in [-0.2, -0.15) is 0 Å². The highest BCUT2D eigenvalue weighted by molar-refractivity contribution is 6.30. The molecule has 1 rings (SSSR count). The van der Waals surface area contributed by atoms with E-state index in [9.17, 15) is 4.39 Å². The predicted molar refractivity (Wildman–Crippen MR) is 73.9 cm³/mol. The Balaban J connectivity index is 2.39. The van der Waals surface area contributed by atoms with Crippen molar-refractivity contribution in [3.8, 4) is 5.75 Å². The van der Waals surface area contributed by atoms with Gasteiger partial charge in [0.2, 0.25) is 0 Å². The van der Waals surface area contributed by atoms with E-state index in [0.29, 0.717) is 11.8 Å². The summed E-state index contributed by atoms with van der Waals surface area (Å²) in [6.07, 6.45) is 2.29. The molecule has 2 atom stereocenters. The van der Waals surface area contributed by atoms with Gasteiger partial charge in [0, 0.05) is 18.7 Å². The fraction of sp³-hybridized carbons (Fsp3) is 0.571. The van der Waals surface area contributed by atoms with Crippen LogP contribution in [-0.2, 0) is 0 Å². The molecule has 4 heteroatoms. The Morgan fingerprint density at radius 2 is 2.11 bits per heavy atom. The lowest BCUT2D eigenvalue weighted by Crippen LogP contribution is -2.34. The fourth-order valence-electron chi connectivity index (χ4n) is 1.73. The molecule has 0 heterocycles. The van der Waals surface area contributed by atoms with Crippen molar-refractivity contribution in [2.24, 2.45) is 0 Å². The molecule has 1 N–H and O–H groups in total. The van der Waals surface area contributed by atoms with Crippen LogP contribution < -0.4 is 10.1 Å². The summed E-state index contributed by atoms with van der Waals surface area (Å²) in [7, 11) is 0. The minimum atomic E-state index is -0.450. The largest absolute Gasteiger partial charge is 0.489 e. The first-order chi connectivity index (χ1) is 8.52. The van der Waals surface area contributed by atoms with Gasteiger partial charge in [0.1, 0.15) is 17.7 Å². The molecule has 0 spiro atoms. The maximum atomic E-state index is 13.2. The van der Waals surface area contributed by atoms with E-state index >= 15 is 0 Å². The number of halogens is 2. The Kier molecular flexibility index (Phi) is 6.44. The Hall–Kier alpha value is -0.800. The zero-order chi connectivity index (χ0) is 13.5. The zero-order valence-corrected chi connectivity index (χ0v) is 11.9. The summed E-state index contributed by atoms with van der Waals surface area (Å²) < 4.78 is 18.8. The molecule has 0 saturated carbocycles. The Morgan fingerprint density at radius 1 is 1.39 bits per heavy atom. The lowest BCUT2D eigenvalue weighted by atomic mass is 10.2. The molecule has 1 aromatic carbocycles. The van der Waals surface area contributed by atoms with Crippen LogP contribution >= 0.6 is 11.6 Å². The van der Waals surface area contributed by atoms with Gasteiger partial charge in [-0.1, -0.05) is 24.9 Å². The SMILES string of the molecule is CCCC(C)NCC(C)Oc1ccc(Cl)c(F)c1. The molecule has 0 radical (unpaired) electrons. The number of ether oxygens (including phenoxy) is 1. The lowest BCUT2D eigenvalue weighted by Gasteiger charge is -2.19. The van der Waals surface area contributed by atoms with Gasteiger partial charge in [-0.05, 0) is 32.4 Å². The molecule has 0 saturated heterocycles. The van der Waals surface area contributed by atoms with Gasteiger partial charge in [-0.3, -0.25) is 0 Å². The van der Waals surface area contributed by atoms with Crippen LogP contribution in [0.25, 0.3) is 0 Å². The van der Waals surface area contributed by atoms with Crippen molar-refractivity contribution < 1.29 is 9.13 Å². The smallest absolute Gasteiger partial charge is 0.145 e. The van der Waals surface area contributed by atoms with Crippen molar-refractivity contribution in [3.63, 3.8) is 0 Å². The molecule has 0 fully saturated rings. The third-order valence-electron chi connectivity index (χ3n) is 2.70. The van der Waals surface area contributed by atoms with Gasteiger partial charge in [-0.25, -0.2) is 4.39 Å². The average Bonchev–Trinajstić information content (AvgIpc) is 2.32. The van der Waals surface area contributed by atoms with Crippen molar-refractivity contribution in [1.29, 1.82) is 0 Å². The first-order valence-corrected chi connectivity index (χ1v) is 6.75. The second kappa shape index (κ2) is 7.59. The summed E-state index contributed by atoms with van der Waals surface area (Å²) in [5.74, 6) is 0.0584. The molecule has 1 aromatic rings.